The number of anilines is 1. The number of thiophene rings is 1. The monoisotopic (exact) mass is 325 g/mol. The van der Waals surface area contributed by atoms with Crippen molar-refractivity contribution in [1.82, 2.24) is 4.72 Å². The summed E-state index contributed by atoms with van der Waals surface area (Å²) in [5.74, 6) is -0.476. The van der Waals surface area contributed by atoms with Crippen LogP contribution in [-0.2, 0) is 16.6 Å². The van der Waals surface area contributed by atoms with Gasteiger partial charge < -0.3 is 11.1 Å². The van der Waals surface area contributed by atoms with Crippen molar-refractivity contribution < 1.29 is 13.2 Å². The van der Waals surface area contributed by atoms with Crippen molar-refractivity contribution in [3.63, 3.8) is 0 Å². The Bertz CT molecular complexity index is 754. The zero-order valence-corrected chi connectivity index (χ0v) is 12.9. The highest BCUT2D eigenvalue weighted by atomic mass is 32.2. The molecule has 2 rings (SSSR count). The van der Waals surface area contributed by atoms with Crippen molar-refractivity contribution in [3.05, 3.63) is 46.2 Å². The fraction of sp³-hybridized carbons (Fsp3) is 0.154. The SMILES string of the molecule is CNS(=O)(=O)c1ccccc1NCc1cc(C(N)=O)cs1. The van der Waals surface area contributed by atoms with E-state index in [1.54, 1.807) is 29.6 Å². The number of para-hydroxylation sites is 1. The van der Waals surface area contributed by atoms with E-state index in [0.29, 0.717) is 17.8 Å². The Morgan fingerprint density at radius 3 is 2.67 bits per heavy atom. The molecule has 0 radical (unpaired) electrons. The molecule has 0 aliphatic carbocycles. The first-order valence-electron chi connectivity index (χ1n) is 6.07. The van der Waals surface area contributed by atoms with Gasteiger partial charge in [0.15, 0.2) is 0 Å². The summed E-state index contributed by atoms with van der Waals surface area (Å²) in [6.45, 7) is 0.411. The quantitative estimate of drug-likeness (QED) is 0.746. The number of carbonyl (C=O) groups excluding carboxylic acids is 1. The minimum absolute atomic E-state index is 0.180. The average Bonchev–Trinajstić information content (AvgIpc) is 2.94. The number of benzene rings is 1. The van der Waals surface area contributed by atoms with E-state index in [1.165, 1.54) is 24.5 Å². The van der Waals surface area contributed by atoms with Crippen LogP contribution >= 0.6 is 11.3 Å². The van der Waals surface area contributed by atoms with Gasteiger partial charge >= 0.3 is 0 Å². The second kappa shape index (κ2) is 6.25. The lowest BCUT2D eigenvalue weighted by molar-refractivity contribution is 0.100. The lowest BCUT2D eigenvalue weighted by Crippen LogP contribution is -2.20. The van der Waals surface area contributed by atoms with E-state index >= 15 is 0 Å². The van der Waals surface area contributed by atoms with E-state index in [1.807, 2.05) is 0 Å². The zero-order valence-electron chi connectivity index (χ0n) is 11.3. The van der Waals surface area contributed by atoms with Gasteiger partial charge in [0.25, 0.3) is 0 Å². The smallest absolute Gasteiger partial charge is 0.249 e. The number of nitrogens with one attached hydrogen (secondary N) is 2. The summed E-state index contributed by atoms with van der Waals surface area (Å²) < 4.78 is 26.1. The second-order valence-corrected chi connectivity index (χ2v) is 7.07. The van der Waals surface area contributed by atoms with Gasteiger partial charge in [-0.3, -0.25) is 4.79 Å². The lowest BCUT2D eigenvalue weighted by Gasteiger charge is -2.11. The topological polar surface area (TPSA) is 101 Å². The van der Waals surface area contributed by atoms with Crippen molar-refractivity contribution in [2.24, 2.45) is 5.73 Å². The second-order valence-electron chi connectivity index (χ2n) is 4.22. The van der Waals surface area contributed by atoms with Gasteiger partial charge in [-0.05, 0) is 25.2 Å². The van der Waals surface area contributed by atoms with Crippen molar-refractivity contribution in [3.8, 4) is 0 Å². The average molecular weight is 325 g/mol. The number of amides is 1. The Labute approximate surface area is 127 Å². The third-order valence-corrected chi connectivity index (χ3v) is 5.25. The molecule has 1 aromatic carbocycles. The van der Waals surface area contributed by atoms with Gasteiger partial charge in [0.2, 0.25) is 15.9 Å². The number of carbonyl (C=O) groups is 1. The van der Waals surface area contributed by atoms with Gasteiger partial charge in [-0.25, -0.2) is 13.1 Å². The Balaban J connectivity index is 2.18. The predicted octanol–water partition coefficient (Wildman–Crippen LogP) is 1.37. The fourth-order valence-corrected chi connectivity index (χ4v) is 3.46. The highest BCUT2D eigenvalue weighted by Gasteiger charge is 2.15. The molecule has 0 saturated heterocycles. The van der Waals surface area contributed by atoms with Crippen LogP contribution in [0.2, 0.25) is 0 Å². The molecular formula is C13H15N3O3S2. The molecule has 0 bridgehead atoms. The molecule has 21 heavy (non-hydrogen) atoms. The Morgan fingerprint density at radius 1 is 1.33 bits per heavy atom. The third kappa shape index (κ3) is 3.60. The van der Waals surface area contributed by atoms with E-state index in [4.69, 9.17) is 5.73 Å². The maximum absolute atomic E-state index is 11.9. The summed E-state index contributed by atoms with van der Waals surface area (Å²) in [5.41, 5.74) is 6.15. The molecule has 0 aliphatic rings. The van der Waals surface area contributed by atoms with E-state index in [9.17, 15) is 13.2 Å². The predicted molar refractivity (Wildman–Crippen MR) is 82.9 cm³/mol. The largest absolute Gasteiger partial charge is 0.379 e. The zero-order chi connectivity index (χ0) is 15.5. The van der Waals surface area contributed by atoms with Crippen LogP contribution in [0.1, 0.15) is 15.2 Å². The molecule has 0 spiro atoms. The minimum Gasteiger partial charge on any atom is -0.379 e. The van der Waals surface area contributed by atoms with E-state index in [2.05, 4.69) is 10.0 Å². The summed E-state index contributed by atoms with van der Waals surface area (Å²) in [6.07, 6.45) is 0. The highest BCUT2D eigenvalue weighted by molar-refractivity contribution is 7.89. The van der Waals surface area contributed by atoms with E-state index in [-0.39, 0.29) is 4.90 Å². The number of rotatable bonds is 6. The molecule has 0 unspecified atom stereocenters. The number of hydrogen-bond acceptors (Lipinski definition) is 5. The van der Waals surface area contributed by atoms with Crippen LogP contribution in [-0.4, -0.2) is 21.4 Å². The van der Waals surface area contributed by atoms with Crippen molar-refractivity contribution >= 4 is 33.0 Å². The van der Waals surface area contributed by atoms with Crippen LogP contribution in [0, 0.1) is 0 Å². The van der Waals surface area contributed by atoms with Gasteiger partial charge in [0.05, 0.1) is 11.3 Å². The van der Waals surface area contributed by atoms with E-state index < -0.39 is 15.9 Å². The minimum atomic E-state index is -3.52. The molecule has 112 valence electrons. The molecule has 1 amide bonds. The van der Waals surface area contributed by atoms with Crippen LogP contribution in [0.3, 0.4) is 0 Å². The van der Waals surface area contributed by atoms with Crippen molar-refractivity contribution in [1.29, 1.82) is 0 Å². The van der Waals surface area contributed by atoms with Gasteiger partial charge in [-0.2, -0.15) is 0 Å². The lowest BCUT2D eigenvalue weighted by atomic mass is 10.3. The molecule has 0 atom stereocenters. The fourth-order valence-electron chi connectivity index (χ4n) is 1.74. The molecule has 1 heterocycles. The van der Waals surface area contributed by atoms with Crippen LogP contribution in [0.15, 0.2) is 40.6 Å². The van der Waals surface area contributed by atoms with Crippen molar-refractivity contribution in [2.45, 2.75) is 11.4 Å². The van der Waals surface area contributed by atoms with Crippen LogP contribution in [0.25, 0.3) is 0 Å². The summed E-state index contributed by atoms with van der Waals surface area (Å²) >= 11 is 1.39. The molecule has 4 N–H and O–H groups in total. The van der Waals surface area contributed by atoms with Gasteiger partial charge in [-0.15, -0.1) is 11.3 Å². The van der Waals surface area contributed by atoms with Gasteiger partial charge in [0.1, 0.15) is 4.90 Å². The number of nitrogens with two attached hydrogens (primary N) is 1. The normalized spacial score (nSPS) is 11.3. The maximum atomic E-state index is 11.9. The standard InChI is InChI=1S/C13H15N3O3S2/c1-15-21(18,19)12-5-3-2-4-11(12)16-7-10-6-9(8-20-10)13(14)17/h2-6,8,15-16H,7H2,1H3,(H2,14,17). The molecular weight excluding hydrogens is 310 g/mol. The summed E-state index contributed by atoms with van der Waals surface area (Å²) in [7, 11) is -2.16. The Kier molecular flexibility index (Phi) is 4.61. The molecule has 0 saturated carbocycles. The van der Waals surface area contributed by atoms with Crippen molar-refractivity contribution in [2.75, 3.05) is 12.4 Å². The molecule has 6 nitrogen and oxygen atoms in total. The molecule has 0 aliphatic heterocycles. The molecule has 2 aromatic rings. The van der Waals surface area contributed by atoms with E-state index in [0.717, 1.165) is 4.88 Å². The third-order valence-electron chi connectivity index (χ3n) is 2.84. The summed E-state index contributed by atoms with van der Waals surface area (Å²) in [4.78, 5) is 12.1. The van der Waals surface area contributed by atoms with Crippen LogP contribution in [0.5, 0.6) is 0 Å². The number of primary amides is 1. The molecule has 8 heteroatoms. The first kappa shape index (κ1) is 15.5. The van der Waals surface area contributed by atoms with Gasteiger partial charge in [0, 0.05) is 16.8 Å². The highest BCUT2D eigenvalue weighted by Crippen LogP contribution is 2.22. The van der Waals surface area contributed by atoms with Crippen LogP contribution in [0.4, 0.5) is 5.69 Å². The number of hydrogen-bond donors (Lipinski definition) is 3. The first-order valence-corrected chi connectivity index (χ1v) is 8.44. The number of sulfonamides is 1. The molecule has 0 fully saturated rings. The molecule has 1 aromatic heterocycles. The Hall–Kier alpha value is -1.90. The first-order chi connectivity index (χ1) is 9.94. The van der Waals surface area contributed by atoms with Gasteiger partial charge in [-0.1, -0.05) is 12.1 Å². The maximum Gasteiger partial charge on any atom is 0.249 e. The summed E-state index contributed by atoms with van der Waals surface area (Å²) in [6, 6.07) is 8.31. The Morgan fingerprint density at radius 2 is 2.05 bits per heavy atom. The summed E-state index contributed by atoms with van der Waals surface area (Å²) in [5, 5.41) is 4.74. The van der Waals surface area contributed by atoms with Crippen LogP contribution < -0.4 is 15.8 Å².